The third-order valence-corrected chi connectivity index (χ3v) is 4.58. The van der Waals surface area contributed by atoms with E-state index in [1.165, 1.54) is 30.1 Å². The molecule has 0 aliphatic rings. The molecule has 0 fully saturated rings. The van der Waals surface area contributed by atoms with E-state index in [0.717, 1.165) is 24.3 Å². The average molecular weight is 465 g/mol. The van der Waals surface area contributed by atoms with Gasteiger partial charge in [0, 0.05) is 29.7 Å². The molecule has 2 N–H and O–H groups in total. The molecule has 7 nitrogen and oxygen atoms in total. The highest BCUT2D eigenvalue weighted by atomic mass is 19.4. The first-order chi connectivity index (χ1) is 15.4. The number of hydrogen-bond donors (Lipinski definition) is 1. The molecule has 0 amide bonds. The van der Waals surface area contributed by atoms with Crippen LogP contribution in [0.4, 0.5) is 32.3 Å². The first-order valence-electron chi connectivity index (χ1n) is 9.20. The first-order valence-corrected chi connectivity index (χ1v) is 9.20. The topological polar surface area (TPSA) is 95.4 Å². The van der Waals surface area contributed by atoms with Gasteiger partial charge in [-0.3, -0.25) is 4.57 Å². The number of benzene rings is 1. The zero-order valence-electron chi connectivity index (χ0n) is 16.6. The van der Waals surface area contributed by atoms with Crippen molar-refractivity contribution in [2.75, 3.05) is 5.73 Å². The molecule has 4 rings (SSSR count). The summed E-state index contributed by atoms with van der Waals surface area (Å²) < 4.78 is 80.3. The van der Waals surface area contributed by atoms with Crippen LogP contribution in [0.5, 0.6) is 0 Å². The van der Waals surface area contributed by atoms with Gasteiger partial charge >= 0.3 is 12.4 Å². The normalized spacial score (nSPS) is 12.2. The van der Waals surface area contributed by atoms with E-state index in [9.17, 15) is 26.3 Å². The maximum absolute atomic E-state index is 13.5. The predicted molar refractivity (Wildman–Crippen MR) is 105 cm³/mol. The molecular formula is C20H13F6N7. The van der Waals surface area contributed by atoms with Crippen LogP contribution in [0, 0.1) is 6.92 Å². The summed E-state index contributed by atoms with van der Waals surface area (Å²) in [4.78, 5) is 19.7. The molecule has 4 aromatic rings. The zero-order valence-corrected chi connectivity index (χ0v) is 16.6. The Balaban J connectivity index is 1.82. The molecule has 170 valence electrons. The number of halogens is 6. The van der Waals surface area contributed by atoms with Crippen LogP contribution >= 0.6 is 0 Å². The van der Waals surface area contributed by atoms with Crippen LogP contribution in [0.3, 0.4) is 0 Å². The summed E-state index contributed by atoms with van der Waals surface area (Å²) in [6.45, 7) is 1.53. The average Bonchev–Trinajstić information content (AvgIpc) is 3.14. The number of nitrogen functional groups attached to an aromatic ring is 1. The van der Waals surface area contributed by atoms with E-state index in [-0.39, 0.29) is 29.0 Å². The van der Waals surface area contributed by atoms with Gasteiger partial charge in [-0.1, -0.05) is 12.1 Å². The van der Waals surface area contributed by atoms with Crippen molar-refractivity contribution in [3.63, 3.8) is 0 Å². The van der Waals surface area contributed by atoms with Gasteiger partial charge in [0.2, 0.25) is 11.9 Å². The summed E-state index contributed by atoms with van der Waals surface area (Å²) in [5.74, 6) is -0.0517. The zero-order chi connectivity index (χ0) is 24.0. The van der Waals surface area contributed by atoms with E-state index in [1.807, 2.05) is 0 Å². The third-order valence-electron chi connectivity index (χ3n) is 4.58. The molecule has 0 aliphatic heterocycles. The molecule has 0 atom stereocenters. The van der Waals surface area contributed by atoms with Gasteiger partial charge in [0.25, 0.3) is 0 Å². The van der Waals surface area contributed by atoms with Gasteiger partial charge in [-0.25, -0.2) is 24.9 Å². The molecule has 0 bridgehead atoms. The van der Waals surface area contributed by atoms with Gasteiger partial charge in [0.1, 0.15) is 5.82 Å². The number of nitrogens with two attached hydrogens (primary N) is 1. The molecule has 3 heterocycles. The number of anilines is 1. The lowest BCUT2D eigenvalue weighted by Crippen LogP contribution is -2.13. The van der Waals surface area contributed by atoms with E-state index in [0.29, 0.717) is 17.3 Å². The van der Waals surface area contributed by atoms with E-state index >= 15 is 0 Å². The van der Waals surface area contributed by atoms with Crippen molar-refractivity contribution in [2.24, 2.45) is 0 Å². The van der Waals surface area contributed by atoms with E-state index in [1.54, 1.807) is 0 Å². The fraction of sp³-hybridized carbons (Fsp3) is 0.150. The molecule has 13 heteroatoms. The van der Waals surface area contributed by atoms with Gasteiger partial charge in [-0.2, -0.15) is 26.3 Å². The molecule has 0 radical (unpaired) electrons. The summed E-state index contributed by atoms with van der Waals surface area (Å²) in [6.07, 6.45) is -5.20. The van der Waals surface area contributed by atoms with Crippen molar-refractivity contribution < 1.29 is 26.3 Å². The summed E-state index contributed by atoms with van der Waals surface area (Å²) in [6, 6.07) is 4.31. The van der Waals surface area contributed by atoms with Crippen LogP contribution in [0.2, 0.25) is 0 Å². The van der Waals surface area contributed by atoms with Crippen LogP contribution < -0.4 is 5.73 Å². The predicted octanol–water partition coefficient (Wildman–Crippen LogP) is 4.71. The Bertz CT molecular complexity index is 1290. The maximum Gasteiger partial charge on any atom is 0.433 e. The molecule has 0 unspecified atom stereocenters. The molecular weight excluding hydrogens is 452 g/mol. The SMILES string of the molecule is Cc1nc(-c2cnc(N)nc2)cn1-c1nc(-c2ccc(C(F)(F)F)cc2)cc(C(F)(F)F)n1. The molecule has 0 saturated heterocycles. The van der Waals surface area contributed by atoms with Crippen molar-refractivity contribution in [3.05, 3.63) is 66.0 Å². The minimum Gasteiger partial charge on any atom is -0.368 e. The monoisotopic (exact) mass is 465 g/mol. The van der Waals surface area contributed by atoms with Gasteiger partial charge in [0.05, 0.1) is 17.0 Å². The van der Waals surface area contributed by atoms with E-state index in [4.69, 9.17) is 5.73 Å². The van der Waals surface area contributed by atoms with Crippen molar-refractivity contribution in [2.45, 2.75) is 19.3 Å². The second-order valence-corrected chi connectivity index (χ2v) is 6.88. The van der Waals surface area contributed by atoms with Gasteiger partial charge in [0.15, 0.2) is 5.69 Å². The third kappa shape index (κ3) is 4.61. The van der Waals surface area contributed by atoms with Crippen molar-refractivity contribution >= 4 is 5.95 Å². The fourth-order valence-corrected chi connectivity index (χ4v) is 2.95. The highest BCUT2D eigenvalue weighted by molar-refractivity contribution is 5.61. The van der Waals surface area contributed by atoms with Gasteiger partial charge < -0.3 is 5.73 Å². The number of rotatable bonds is 3. The number of alkyl halides is 6. The van der Waals surface area contributed by atoms with Crippen molar-refractivity contribution in [1.29, 1.82) is 0 Å². The van der Waals surface area contributed by atoms with Crippen LogP contribution in [0.15, 0.2) is 48.9 Å². The standard InChI is InChI=1S/C20H13F6N7/c1-10-30-15(12-7-28-17(27)29-8-12)9-33(10)18-31-14(6-16(32-18)20(24,25)26)11-2-4-13(5-3-11)19(21,22)23/h2-9H,1H3,(H2,27,28,29). The lowest BCUT2D eigenvalue weighted by Gasteiger charge is -2.12. The Morgan fingerprint density at radius 1 is 0.788 bits per heavy atom. The van der Waals surface area contributed by atoms with Gasteiger partial charge in [-0.15, -0.1) is 0 Å². The smallest absolute Gasteiger partial charge is 0.368 e. The van der Waals surface area contributed by atoms with E-state index < -0.39 is 23.6 Å². The molecule has 33 heavy (non-hydrogen) atoms. The largest absolute Gasteiger partial charge is 0.433 e. The molecule has 1 aromatic carbocycles. The highest BCUT2D eigenvalue weighted by Crippen LogP contribution is 2.33. The molecule has 3 aromatic heterocycles. The van der Waals surface area contributed by atoms with Gasteiger partial charge in [-0.05, 0) is 25.1 Å². The van der Waals surface area contributed by atoms with Crippen LogP contribution in [-0.4, -0.2) is 29.5 Å². The summed E-state index contributed by atoms with van der Waals surface area (Å²) in [5, 5.41) is 0. The van der Waals surface area contributed by atoms with Crippen LogP contribution in [0.1, 0.15) is 17.1 Å². The van der Waals surface area contributed by atoms with Crippen LogP contribution in [0.25, 0.3) is 28.5 Å². The Labute approximate surface area is 182 Å². The maximum atomic E-state index is 13.5. The molecule has 0 saturated carbocycles. The Morgan fingerprint density at radius 2 is 1.42 bits per heavy atom. The van der Waals surface area contributed by atoms with Crippen LogP contribution in [-0.2, 0) is 12.4 Å². The molecule has 0 aliphatic carbocycles. The molecule has 0 spiro atoms. The summed E-state index contributed by atoms with van der Waals surface area (Å²) in [7, 11) is 0. The quantitative estimate of drug-likeness (QED) is 0.440. The minimum absolute atomic E-state index is 0.0392. The Morgan fingerprint density at radius 3 is 2.00 bits per heavy atom. The highest BCUT2D eigenvalue weighted by Gasteiger charge is 2.34. The second-order valence-electron chi connectivity index (χ2n) is 6.88. The van der Waals surface area contributed by atoms with Crippen molar-refractivity contribution in [1.82, 2.24) is 29.5 Å². The minimum atomic E-state index is -4.82. The number of nitrogens with zero attached hydrogens (tertiary/aromatic N) is 6. The van der Waals surface area contributed by atoms with Crippen molar-refractivity contribution in [3.8, 4) is 28.5 Å². The fourth-order valence-electron chi connectivity index (χ4n) is 2.95. The summed E-state index contributed by atoms with van der Waals surface area (Å²) >= 11 is 0. The lowest BCUT2D eigenvalue weighted by atomic mass is 10.1. The number of aromatic nitrogens is 6. The first kappa shape index (κ1) is 22.2. The Kier molecular flexibility index (Phi) is 5.26. The number of hydrogen-bond acceptors (Lipinski definition) is 6. The lowest BCUT2D eigenvalue weighted by molar-refractivity contribution is -0.141. The Hall–Kier alpha value is -4.03. The second kappa shape index (κ2) is 7.83. The number of aryl methyl sites for hydroxylation is 1. The van der Waals surface area contributed by atoms with E-state index in [2.05, 4.69) is 24.9 Å². The number of imidazole rings is 1. The summed E-state index contributed by atoms with van der Waals surface area (Å²) in [5.41, 5.74) is 3.92.